The van der Waals surface area contributed by atoms with Crippen LogP contribution in [0.25, 0.3) is 11.1 Å². The fourth-order valence-electron chi connectivity index (χ4n) is 3.57. The molecule has 1 amide bonds. The van der Waals surface area contributed by atoms with E-state index in [9.17, 15) is 4.79 Å². The van der Waals surface area contributed by atoms with Gasteiger partial charge in [-0.3, -0.25) is 4.79 Å². The Bertz CT molecular complexity index is 888. The molecule has 5 heteroatoms. The summed E-state index contributed by atoms with van der Waals surface area (Å²) in [4.78, 5) is 23.4. The lowest BCUT2D eigenvalue weighted by molar-refractivity contribution is 0.0705. The number of piperidine rings is 1. The highest BCUT2D eigenvalue weighted by Gasteiger charge is 2.28. The predicted octanol–water partition coefficient (Wildman–Crippen LogP) is 4.06. The molecule has 0 bridgehead atoms. The molecule has 1 unspecified atom stereocenters. The molecule has 3 heterocycles. The first-order valence-electron chi connectivity index (χ1n) is 8.91. The molecule has 1 saturated heterocycles. The number of aromatic nitrogens is 2. The summed E-state index contributed by atoms with van der Waals surface area (Å²) < 4.78 is 5.06. The fraction of sp³-hybridized carbons (Fsp3) is 0.286. The molecule has 2 aromatic heterocycles. The highest BCUT2D eigenvalue weighted by atomic mass is 16.3. The largest absolute Gasteiger partial charge is 0.472 e. The van der Waals surface area contributed by atoms with Crippen molar-refractivity contribution in [1.82, 2.24) is 14.9 Å². The maximum atomic E-state index is 12.7. The minimum Gasteiger partial charge on any atom is -0.472 e. The van der Waals surface area contributed by atoms with Gasteiger partial charge in [0.2, 0.25) is 0 Å². The zero-order valence-corrected chi connectivity index (χ0v) is 14.8. The molecule has 3 aromatic rings. The number of nitrogens with zero attached hydrogens (tertiary/aromatic N) is 3. The molecule has 132 valence electrons. The van der Waals surface area contributed by atoms with Crippen LogP contribution in [-0.4, -0.2) is 33.9 Å². The standard InChI is InChI=1S/C21H21N3O2/c1-15-4-6-16(7-5-15)19-11-22-14-23-20(19)17-3-2-9-24(12-17)21(25)18-8-10-26-13-18/h4-8,10-11,13-14,17H,2-3,9,12H2,1H3. The Balaban J connectivity index is 1.61. The average molecular weight is 347 g/mol. The smallest absolute Gasteiger partial charge is 0.257 e. The third-order valence-corrected chi connectivity index (χ3v) is 4.97. The Morgan fingerprint density at radius 3 is 2.85 bits per heavy atom. The molecular formula is C21H21N3O2. The summed E-state index contributed by atoms with van der Waals surface area (Å²) in [5.41, 5.74) is 5.02. The molecular weight excluding hydrogens is 326 g/mol. The molecule has 26 heavy (non-hydrogen) atoms. The first-order chi connectivity index (χ1) is 12.7. The van der Waals surface area contributed by atoms with Crippen LogP contribution in [0.5, 0.6) is 0 Å². The molecule has 1 atom stereocenters. The minimum atomic E-state index is 0.0226. The van der Waals surface area contributed by atoms with Crippen molar-refractivity contribution in [1.29, 1.82) is 0 Å². The Labute approximate surface area is 152 Å². The van der Waals surface area contributed by atoms with Crippen LogP contribution in [0.15, 0.2) is 59.8 Å². The maximum absolute atomic E-state index is 12.7. The van der Waals surface area contributed by atoms with Crippen LogP contribution in [0.4, 0.5) is 0 Å². The lowest BCUT2D eigenvalue weighted by atomic mass is 9.89. The number of likely N-dealkylation sites (tertiary alicyclic amines) is 1. The van der Waals surface area contributed by atoms with Gasteiger partial charge in [0.05, 0.1) is 17.5 Å². The molecule has 0 spiro atoms. The molecule has 1 aromatic carbocycles. The predicted molar refractivity (Wildman–Crippen MR) is 98.8 cm³/mol. The van der Waals surface area contributed by atoms with E-state index in [-0.39, 0.29) is 11.8 Å². The Morgan fingerprint density at radius 2 is 2.08 bits per heavy atom. The second kappa shape index (κ2) is 7.12. The zero-order valence-electron chi connectivity index (χ0n) is 14.8. The number of rotatable bonds is 3. The summed E-state index contributed by atoms with van der Waals surface area (Å²) in [5, 5.41) is 0. The van der Waals surface area contributed by atoms with E-state index in [0.717, 1.165) is 36.2 Å². The molecule has 1 aliphatic rings. The van der Waals surface area contributed by atoms with E-state index in [1.165, 1.54) is 18.1 Å². The zero-order chi connectivity index (χ0) is 17.9. The third kappa shape index (κ3) is 3.25. The fourth-order valence-corrected chi connectivity index (χ4v) is 3.57. The van der Waals surface area contributed by atoms with Gasteiger partial charge >= 0.3 is 0 Å². The molecule has 0 N–H and O–H groups in total. The summed E-state index contributed by atoms with van der Waals surface area (Å²) in [5.74, 6) is 0.230. The Kier molecular flexibility index (Phi) is 4.52. The monoisotopic (exact) mass is 347 g/mol. The molecule has 0 aliphatic carbocycles. The quantitative estimate of drug-likeness (QED) is 0.717. The van der Waals surface area contributed by atoms with E-state index >= 15 is 0 Å². The van der Waals surface area contributed by atoms with E-state index in [0.29, 0.717) is 12.1 Å². The molecule has 0 saturated carbocycles. The van der Waals surface area contributed by atoms with Gasteiger partial charge in [-0.15, -0.1) is 0 Å². The summed E-state index contributed by atoms with van der Waals surface area (Å²) in [6, 6.07) is 10.1. The normalized spacial score (nSPS) is 17.3. The van der Waals surface area contributed by atoms with Crippen LogP contribution in [0.2, 0.25) is 0 Å². The molecule has 5 nitrogen and oxygen atoms in total. The van der Waals surface area contributed by atoms with E-state index < -0.39 is 0 Å². The Morgan fingerprint density at radius 1 is 1.23 bits per heavy atom. The van der Waals surface area contributed by atoms with Crippen molar-refractivity contribution in [2.45, 2.75) is 25.7 Å². The van der Waals surface area contributed by atoms with Gasteiger partial charge in [-0.2, -0.15) is 0 Å². The van der Waals surface area contributed by atoms with Crippen LogP contribution >= 0.6 is 0 Å². The number of carbonyl (C=O) groups is 1. The number of benzene rings is 1. The van der Waals surface area contributed by atoms with Crippen molar-refractivity contribution in [3.05, 3.63) is 72.2 Å². The van der Waals surface area contributed by atoms with Crippen molar-refractivity contribution in [3.8, 4) is 11.1 Å². The topological polar surface area (TPSA) is 59.2 Å². The second-order valence-corrected chi connectivity index (χ2v) is 6.79. The molecule has 1 fully saturated rings. The maximum Gasteiger partial charge on any atom is 0.257 e. The van der Waals surface area contributed by atoms with Crippen LogP contribution < -0.4 is 0 Å². The van der Waals surface area contributed by atoms with Crippen molar-refractivity contribution < 1.29 is 9.21 Å². The number of furan rings is 1. The van der Waals surface area contributed by atoms with Gasteiger partial charge in [-0.25, -0.2) is 9.97 Å². The van der Waals surface area contributed by atoms with Gasteiger partial charge in [0.25, 0.3) is 5.91 Å². The van der Waals surface area contributed by atoms with Crippen LogP contribution in [-0.2, 0) is 0 Å². The van der Waals surface area contributed by atoms with Gasteiger partial charge in [0.15, 0.2) is 0 Å². The lowest BCUT2D eigenvalue weighted by Crippen LogP contribution is -2.39. The van der Waals surface area contributed by atoms with Crippen LogP contribution in [0.3, 0.4) is 0 Å². The third-order valence-electron chi connectivity index (χ3n) is 4.97. The van der Waals surface area contributed by atoms with Gasteiger partial charge in [0, 0.05) is 30.8 Å². The molecule has 0 radical (unpaired) electrons. The number of aryl methyl sites for hydroxylation is 1. The van der Waals surface area contributed by atoms with E-state index in [1.54, 1.807) is 12.4 Å². The van der Waals surface area contributed by atoms with Crippen molar-refractivity contribution in [2.75, 3.05) is 13.1 Å². The van der Waals surface area contributed by atoms with Crippen molar-refractivity contribution in [3.63, 3.8) is 0 Å². The highest BCUT2D eigenvalue weighted by molar-refractivity contribution is 5.94. The van der Waals surface area contributed by atoms with E-state index in [1.807, 2.05) is 11.1 Å². The van der Waals surface area contributed by atoms with Gasteiger partial charge in [-0.05, 0) is 31.4 Å². The van der Waals surface area contributed by atoms with Gasteiger partial charge < -0.3 is 9.32 Å². The first kappa shape index (κ1) is 16.5. The number of carbonyl (C=O) groups excluding carboxylic acids is 1. The average Bonchev–Trinajstić information content (AvgIpc) is 3.23. The van der Waals surface area contributed by atoms with E-state index in [4.69, 9.17) is 4.42 Å². The summed E-state index contributed by atoms with van der Waals surface area (Å²) in [7, 11) is 0. The second-order valence-electron chi connectivity index (χ2n) is 6.79. The highest BCUT2D eigenvalue weighted by Crippen LogP contribution is 2.33. The van der Waals surface area contributed by atoms with Crippen molar-refractivity contribution >= 4 is 5.91 Å². The van der Waals surface area contributed by atoms with Gasteiger partial charge in [-0.1, -0.05) is 29.8 Å². The SMILES string of the molecule is Cc1ccc(-c2cncnc2C2CCCN(C(=O)c3ccoc3)C2)cc1. The molecule has 4 rings (SSSR count). The van der Waals surface area contributed by atoms with Gasteiger partial charge in [0.1, 0.15) is 12.6 Å². The van der Waals surface area contributed by atoms with E-state index in [2.05, 4.69) is 41.2 Å². The minimum absolute atomic E-state index is 0.0226. The summed E-state index contributed by atoms with van der Waals surface area (Å²) >= 11 is 0. The Hall–Kier alpha value is -2.95. The summed E-state index contributed by atoms with van der Waals surface area (Å²) in [6.45, 7) is 3.51. The van der Waals surface area contributed by atoms with Crippen molar-refractivity contribution in [2.24, 2.45) is 0 Å². The number of hydrogen-bond donors (Lipinski definition) is 0. The first-order valence-corrected chi connectivity index (χ1v) is 8.91. The number of hydrogen-bond acceptors (Lipinski definition) is 4. The molecule has 1 aliphatic heterocycles. The lowest BCUT2D eigenvalue weighted by Gasteiger charge is -2.33. The van der Waals surface area contributed by atoms with Crippen LogP contribution in [0.1, 0.15) is 40.4 Å². The van der Waals surface area contributed by atoms with Crippen LogP contribution in [0, 0.1) is 6.92 Å². The number of amides is 1. The summed E-state index contributed by atoms with van der Waals surface area (Å²) in [6.07, 6.45) is 8.51.